The second kappa shape index (κ2) is 4.52. The smallest absolute Gasteiger partial charge is 0.0600 e. The van der Waals surface area contributed by atoms with Gasteiger partial charge in [-0.05, 0) is 43.9 Å². The lowest BCUT2D eigenvalue weighted by molar-refractivity contribution is -0.0761. The van der Waals surface area contributed by atoms with Gasteiger partial charge >= 0.3 is 0 Å². The normalized spacial score (nSPS) is 48.6. The lowest BCUT2D eigenvalue weighted by Crippen LogP contribution is -2.37. The van der Waals surface area contributed by atoms with Gasteiger partial charge in [-0.3, -0.25) is 0 Å². The molecule has 0 amide bonds. The van der Waals surface area contributed by atoms with E-state index in [0.717, 1.165) is 16.7 Å². The average molecular weight is 261 g/mol. The molecule has 1 nitrogen and oxygen atoms in total. The summed E-state index contributed by atoms with van der Waals surface area (Å²) in [7, 11) is 0. The number of alkyl halides is 1. The summed E-state index contributed by atoms with van der Waals surface area (Å²) >= 11 is 3.61. The van der Waals surface area contributed by atoms with Gasteiger partial charge in [0.1, 0.15) is 0 Å². The summed E-state index contributed by atoms with van der Waals surface area (Å²) in [5, 5.41) is 0. The molecule has 82 valence electrons. The molecule has 0 aromatic carbocycles. The maximum Gasteiger partial charge on any atom is 0.0600 e. The molecule has 2 saturated carbocycles. The topological polar surface area (TPSA) is 9.23 Å². The van der Waals surface area contributed by atoms with E-state index >= 15 is 0 Å². The Balaban J connectivity index is 1.74. The fourth-order valence-electron chi connectivity index (χ4n) is 2.87. The molecule has 2 aliphatic carbocycles. The highest BCUT2D eigenvalue weighted by Crippen LogP contribution is 2.36. The van der Waals surface area contributed by atoms with Crippen LogP contribution < -0.4 is 0 Å². The zero-order chi connectivity index (χ0) is 10.1. The maximum absolute atomic E-state index is 6.11. The van der Waals surface area contributed by atoms with Crippen LogP contribution in [-0.2, 0) is 4.74 Å². The summed E-state index contributed by atoms with van der Waals surface area (Å²) in [4.78, 5) is 0.728. The molecule has 0 heterocycles. The van der Waals surface area contributed by atoms with Crippen molar-refractivity contribution >= 4 is 15.9 Å². The lowest BCUT2D eigenvalue weighted by Gasteiger charge is -2.38. The first-order valence-electron chi connectivity index (χ1n) is 5.93. The van der Waals surface area contributed by atoms with Crippen LogP contribution in [0.25, 0.3) is 0 Å². The second-order valence-electron chi connectivity index (χ2n) is 5.37. The Kier molecular flexibility index (Phi) is 3.54. The van der Waals surface area contributed by atoms with Gasteiger partial charge in [0.15, 0.2) is 0 Å². The van der Waals surface area contributed by atoms with Crippen LogP contribution in [0.4, 0.5) is 0 Å². The summed E-state index contributed by atoms with van der Waals surface area (Å²) in [5.41, 5.74) is 0. The molecule has 0 spiro atoms. The standard InChI is InChI=1S/C12H21BrO/c1-8-3-9(2)5-11(4-8)14-12-6-10(13)7-12/h8-12H,3-7H2,1-2H3. The third-order valence-corrected chi connectivity index (χ3v) is 4.31. The Morgan fingerprint density at radius 2 is 1.36 bits per heavy atom. The Hall–Kier alpha value is 0.440. The van der Waals surface area contributed by atoms with Crippen LogP contribution in [0.5, 0.6) is 0 Å². The van der Waals surface area contributed by atoms with E-state index < -0.39 is 0 Å². The Morgan fingerprint density at radius 3 is 1.86 bits per heavy atom. The quantitative estimate of drug-likeness (QED) is 0.688. The minimum atomic E-state index is 0.554. The fraction of sp³-hybridized carbons (Fsp3) is 1.00. The van der Waals surface area contributed by atoms with Crippen molar-refractivity contribution in [2.45, 2.75) is 63.0 Å². The van der Waals surface area contributed by atoms with Crippen LogP contribution in [0, 0.1) is 11.8 Å². The highest BCUT2D eigenvalue weighted by atomic mass is 79.9. The van der Waals surface area contributed by atoms with Gasteiger partial charge in [-0.2, -0.15) is 0 Å². The molecule has 14 heavy (non-hydrogen) atoms. The van der Waals surface area contributed by atoms with E-state index in [1.807, 2.05) is 0 Å². The van der Waals surface area contributed by atoms with Crippen LogP contribution in [0.1, 0.15) is 46.0 Å². The van der Waals surface area contributed by atoms with Crippen molar-refractivity contribution in [2.24, 2.45) is 11.8 Å². The average Bonchev–Trinajstić information content (AvgIpc) is 1.99. The number of rotatable bonds is 2. The van der Waals surface area contributed by atoms with E-state index in [9.17, 15) is 0 Å². The Labute approximate surface area is 95.7 Å². The third kappa shape index (κ3) is 2.73. The summed E-state index contributed by atoms with van der Waals surface area (Å²) in [6.45, 7) is 4.72. The maximum atomic E-state index is 6.11. The molecule has 0 aromatic rings. The molecule has 2 heteroatoms. The largest absolute Gasteiger partial charge is 0.375 e. The van der Waals surface area contributed by atoms with E-state index in [-0.39, 0.29) is 0 Å². The van der Waals surface area contributed by atoms with Gasteiger partial charge in [0.05, 0.1) is 12.2 Å². The van der Waals surface area contributed by atoms with Crippen molar-refractivity contribution in [3.8, 4) is 0 Å². The second-order valence-corrected chi connectivity index (χ2v) is 6.66. The van der Waals surface area contributed by atoms with Crippen molar-refractivity contribution in [3.05, 3.63) is 0 Å². The van der Waals surface area contributed by atoms with Crippen LogP contribution in [0.3, 0.4) is 0 Å². The molecule has 2 unspecified atom stereocenters. The predicted molar refractivity (Wildman–Crippen MR) is 62.8 cm³/mol. The van der Waals surface area contributed by atoms with E-state index in [2.05, 4.69) is 29.8 Å². The van der Waals surface area contributed by atoms with Gasteiger partial charge < -0.3 is 4.74 Å². The van der Waals surface area contributed by atoms with Crippen molar-refractivity contribution < 1.29 is 4.74 Å². The van der Waals surface area contributed by atoms with Crippen molar-refractivity contribution in [2.75, 3.05) is 0 Å². The Bertz CT molecular complexity index is 179. The molecule has 0 saturated heterocycles. The minimum Gasteiger partial charge on any atom is -0.375 e. The van der Waals surface area contributed by atoms with E-state index in [0.29, 0.717) is 12.2 Å². The van der Waals surface area contributed by atoms with Gasteiger partial charge in [-0.15, -0.1) is 0 Å². The predicted octanol–water partition coefficient (Wildman–Crippen LogP) is 3.75. The molecule has 2 fully saturated rings. The van der Waals surface area contributed by atoms with E-state index in [1.165, 1.54) is 32.1 Å². The van der Waals surface area contributed by atoms with Crippen LogP contribution >= 0.6 is 15.9 Å². The zero-order valence-electron chi connectivity index (χ0n) is 9.21. The number of halogens is 1. The molecule has 2 atom stereocenters. The highest BCUT2D eigenvalue weighted by molar-refractivity contribution is 9.09. The summed E-state index contributed by atoms with van der Waals surface area (Å²) in [5.74, 6) is 1.73. The third-order valence-electron chi connectivity index (χ3n) is 3.56. The van der Waals surface area contributed by atoms with Gasteiger partial charge in [0, 0.05) is 4.83 Å². The molecule has 0 aliphatic heterocycles. The number of ether oxygens (including phenoxy) is 1. The van der Waals surface area contributed by atoms with Crippen molar-refractivity contribution in [3.63, 3.8) is 0 Å². The monoisotopic (exact) mass is 260 g/mol. The number of hydrogen-bond donors (Lipinski definition) is 0. The van der Waals surface area contributed by atoms with Gasteiger partial charge in [-0.25, -0.2) is 0 Å². The van der Waals surface area contributed by atoms with E-state index in [1.54, 1.807) is 0 Å². The SMILES string of the molecule is CC1CC(C)CC(OC2CC(Br)C2)C1. The van der Waals surface area contributed by atoms with Crippen LogP contribution in [0.15, 0.2) is 0 Å². The van der Waals surface area contributed by atoms with Gasteiger partial charge in [-0.1, -0.05) is 29.8 Å². The first-order valence-corrected chi connectivity index (χ1v) is 6.84. The molecule has 2 aliphatic rings. The van der Waals surface area contributed by atoms with Crippen molar-refractivity contribution in [1.82, 2.24) is 0 Å². The molecule has 0 aromatic heterocycles. The molecule has 0 N–H and O–H groups in total. The van der Waals surface area contributed by atoms with Crippen LogP contribution in [0.2, 0.25) is 0 Å². The van der Waals surface area contributed by atoms with Gasteiger partial charge in [0.2, 0.25) is 0 Å². The molecule has 0 radical (unpaired) electrons. The summed E-state index contributed by atoms with van der Waals surface area (Å²) in [6.07, 6.45) is 7.52. The van der Waals surface area contributed by atoms with Crippen LogP contribution in [-0.4, -0.2) is 17.0 Å². The van der Waals surface area contributed by atoms with E-state index in [4.69, 9.17) is 4.74 Å². The zero-order valence-corrected chi connectivity index (χ0v) is 10.8. The molecular weight excluding hydrogens is 240 g/mol. The molecular formula is C12H21BrO. The summed E-state index contributed by atoms with van der Waals surface area (Å²) < 4.78 is 6.11. The first kappa shape index (κ1) is 10.9. The summed E-state index contributed by atoms with van der Waals surface area (Å²) in [6, 6.07) is 0. The lowest BCUT2D eigenvalue weighted by atomic mass is 9.81. The minimum absolute atomic E-state index is 0.554. The number of hydrogen-bond acceptors (Lipinski definition) is 1. The molecule has 2 rings (SSSR count). The fourth-order valence-corrected chi connectivity index (χ4v) is 3.70. The first-order chi connectivity index (χ1) is 6.63. The molecule has 0 bridgehead atoms. The Morgan fingerprint density at radius 1 is 0.857 bits per heavy atom. The van der Waals surface area contributed by atoms with Crippen molar-refractivity contribution in [1.29, 1.82) is 0 Å². The highest BCUT2D eigenvalue weighted by Gasteiger charge is 2.32. The van der Waals surface area contributed by atoms with Gasteiger partial charge in [0.25, 0.3) is 0 Å².